The van der Waals surface area contributed by atoms with Crippen LogP contribution >= 0.6 is 27.5 Å². The summed E-state index contributed by atoms with van der Waals surface area (Å²) in [6.45, 7) is 7.94. The van der Waals surface area contributed by atoms with Gasteiger partial charge in [0.1, 0.15) is 12.4 Å². The fraction of sp³-hybridized carbons (Fsp3) is 0.571. The Morgan fingerprint density at radius 2 is 2.05 bits per heavy atom. The molecule has 0 spiro atoms. The molecule has 0 radical (unpaired) electrons. The van der Waals surface area contributed by atoms with Crippen molar-refractivity contribution in [1.29, 1.82) is 0 Å². The Morgan fingerprint density at radius 1 is 1.26 bits per heavy atom. The second-order valence-corrected chi connectivity index (χ2v) is 5.51. The third kappa shape index (κ3) is 6.61. The molecular formula is C14H21BrClNO2. The van der Waals surface area contributed by atoms with Crippen molar-refractivity contribution >= 4 is 27.5 Å². The van der Waals surface area contributed by atoms with E-state index in [1.54, 1.807) is 0 Å². The predicted octanol–water partition coefficient (Wildman–Crippen LogP) is 3.81. The van der Waals surface area contributed by atoms with Crippen LogP contribution in [0, 0.1) is 6.92 Å². The Kier molecular flexibility index (Phi) is 8.46. The Bertz CT molecular complexity index is 365. The minimum atomic E-state index is 0.608. The molecule has 0 unspecified atom stereocenters. The molecule has 108 valence electrons. The lowest BCUT2D eigenvalue weighted by atomic mass is 10.2. The van der Waals surface area contributed by atoms with E-state index in [1.807, 2.05) is 26.0 Å². The summed E-state index contributed by atoms with van der Waals surface area (Å²) in [5.74, 6) is 0.765. The number of ether oxygens (including phenoxy) is 2. The van der Waals surface area contributed by atoms with Gasteiger partial charge in [0.15, 0.2) is 0 Å². The van der Waals surface area contributed by atoms with E-state index in [0.29, 0.717) is 11.6 Å². The summed E-state index contributed by atoms with van der Waals surface area (Å²) < 4.78 is 11.9. The average Bonchev–Trinajstić information content (AvgIpc) is 2.35. The lowest BCUT2D eigenvalue weighted by molar-refractivity contribution is 0.144. The highest BCUT2D eigenvalue weighted by atomic mass is 79.9. The highest BCUT2D eigenvalue weighted by Gasteiger charge is 2.06. The lowest BCUT2D eigenvalue weighted by Crippen LogP contribution is -2.23. The van der Waals surface area contributed by atoms with E-state index in [2.05, 4.69) is 21.2 Å². The summed E-state index contributed by atoms with van der Waals surface area (Å²) in [7, 11) is 0. The van der Waals surface area contributed by atoms with Crippen molar-refractivity contribution in [3.63, 3.8) is 0 Å². The molecule has 0 saturated heterocycles. The van der Waals surface area contributed by atoms with Crippen LogP contribution in [0.25, 0.3) is 0 Å². The first-order chi connectivity index (χ1) is 9.15. The van der Waals surface area contributed by atoms with Crippen LogP contribution in [0.2, 0.25) is 5.02 Å². The van der Waals surface area contributed by atoms with E-state index in [1.165, 1.54) is 0 Å². The van der Waals surface area contributed by atoms with Gasteiger partial charge >= 0.3 is 0 Å². The zero-order valence-corrected chi connectivity index (χ0v) is 13.8. The number of hydrogen-bond donors (Lipinski definition) is 1. The first-order valence-electron chi connectivity index (χ1n) is 6.52. The van der Waals surface area contributed by atoms with Crippen molar-refractivity contribution < 1.29 is 9.47 Å². The number of halogens is 2. The minimum Gasteiger partial charge on any atom is -0.490 e. The van der Waals surface area contributed by atoms with Gasteiger partial charge in [-0.1, -0.05) is 27.5 Å². The van der Waals surface area contributed by atoms with Crippen LogP contribution in [-0.4, -0.2) is 32.9 Å². The first-order valence-corrected chi connectivity index (χ1v) is 7.69. The maximum absolute atomic E-state index is 6.14. The van der Waals surface area contributed by atoms with Gasteiger partial charge in [0.05, 0.1) is 5.02 Å². The molecule has 0 heterocycles. The third-order valence-corrected chi connectivity index (χ3v) is 3.30. The first kappa shape index (κ1) is 16.8. The summed E-state index contributed by atoms with van der Waals surface area (Å²) in [6.07, 6.45) is 1.02. The second-order valence-electron chi connectivity index (χ2n) is 4.18. The van der Waals surface area contributed by atoms with Gasteiger partial charge in [0.2, 0.25) is 0 Å². The molecule has 5 heteroatoms. The van der Waals surface area contributed by atoms with E-state index < -0.39 is 0 Å². The molecule has 1 rings (SSSR count). The smallest absolute Gasteiger partial charge is 0.140 e. The van der Waals surface area contributed by atoms with Gasteiger partial charge in [-0.2, -0.15) is 0 Å². The zero-order chi connectivity index (χ0) is 14.1. The molecule has 1 aromatic rings. The van der Waals surface area contributed by atoms with Crippen LogP contribution in [0.5, 0.6) is 5.75 Å². The van der Waals surface area contributed by atoms with Crippen molar-refractivity contribution in [2.75, 3.05) is 32.9 Å². The second kappa shape index (κ2) is 9.59. The summed E-state index contributed by atoms with van der Waals surface area (Å²) in [4.78, 5) is 0. The van der Waals surface area contributed by atoms with Crippen LogP contribution in [0.15, 0.2) is 16.6 Å². The standard InChI is InChI=1S/C14H21BrClNO2/c1-3-18-7-4-5-17-6-8-19-14-11(2)9-12(15)10-13(14)16/h9-10,17H,3-8H2,1-2H3. The topological polar surface area (TPSA) is 30.5 Å². The number of benzene rings is 1. The quantitative estimate of drug-likeness (QED) is 0.687. The van der Waals surface area contributed by atoms with Crippen molar-refractivity contribution in [2.45, 2.75) is 20.3 Å². The molecule has 0 aliphatic carbocycles. The van der Waals surface area contributed by atoms with E-state index in [0.717, 1.165) is 48.5 Å². The molecule has 0 aromatic heterocycles. The number of nitrogens with one attached hydrogen (secondary N) is 1. The summed E-state index contributed by atoms with van der Waals surface area (Å²) >= 11 is 9.55. The molecular weight excluding hydrogens is 330 g/mol. The van der Waals surface area contributed by atoms with E-state index in [9.17, 15) is 0 Å². The largest absolute Gasteiger partial charge is 0.490 e. The Balaban J connectivity index is 2.19. The molecule has 19 heavy (non-hydrogen) atoms. The van der Waals surface area contributed by atoms with Crippen molar-refractivity contribution in [3.8, 4) is 5.75 Å². The molecule has 0 aliphatic heterocycles. The molecule has 0 fully saturated rings. The SMILES string of the molecule is CCOCCCNCCOc1c(C)cc(Br)cc1Cl. The normalized spacial score (nSPS) is 10.7. The van der Waals surface area contributed by atoms with E-state index in [-0.39, 0.29) is 0 Å². The van der Waals surface area contributed by atoms with Gasteiger partial charge in [-0.15, -0.1) is 0 Å². The van der Waals surface area contributed by atoms with Crippen LogP contribution in [0.4, 0.5) is 0 Å². The van der Waals surface area contributed by atoms with Crippen LogP contribution in [-0.2, 0) is 4.74 Å². The summed E-state index contributed by atoms with van der Waals surface area (Å²) in [5.41, 5.74) is 1.04. The highest BCUT2D eigenvalue weighted by molar-refractivity contribution is 9.10. The number of rotatable bonds is 9. The fourth-order valence-electron chi connectivity index (χ4n) is 1.67. The molecule has 3 nitrogen and oxygen atoms in total. The fourth-order valence-corrected chi connectivity index (χ4v) is 2.69. The number of aryl methyl sites for hydroxylation is 1. The van der Waals surface area contributed by atoms with Gasteiger partial charge < -0.3 is 14.8 Å². The molecule has 0 atom stereocenters. The van der Waals surface area contributed by atoms with Gasteiger partial charge in [-0.25, -0.2) is 0 Å². The minimum absolute atomic E-state index is 0.608. The van der Waals surface area contributed by atoms with Crippen LogP contribution in [0.1, 0.15) is 18.9 Å². The maximum atomic E-state index is 6.14. The maximum Gasteiger partial charge on any atom is 0.140 e. The van der Waals surface area contributed by atoms with E-state index in [4.69, 9.17) is 21.1 Å². The van der Waals surface area contributed by atoms with Crippen molar-refractivity contribution in [3.05, 3.63) is 27.2 Å². The van der Waals surface area contributed by atoms with Gasteiger partial charge in [0, 0.05) is 24.2 Å². The lowest BCUT2D eigenvalue weighted by Gasteiger charge is -2.12. The highest BCUT2D eigenvalue weighted by Crippen LogP contribution is 2.31. The average molecular weight is 351 g/mol. The number of hydrogen-bond acceptors (Lipinski definition) is 3. The summed E-state index contributed by atoms with van der Waals surface area (Å²) in [5, 5.41) is 3.95. The Labute approximate surface area is 128 Å². The molecule has 0 bridgehead atoms. The molecule has 0 aliphatic rings. The monoisotopic (exact) mass is 349 g/mol. The summed E-state index contributed by atoms with van der Waals surface area (Å²) in [6, 6.07) is 3.84. The van der Waals surface area contributed by atoms with E-state index >= 15 is 0 Å². The van der Waals surface area contributed by atoms with Crippen LogP contribution in [0.3, 0.4) is 0 Å². The third-order valence-electron chi connectivity index (χ3n) is 2.57. The van der Waals surface area contributed by atoms with Crippen molar-refractivity contribution in [2.24, 2.45) is 0 Å². The van der Waals surface area contributed by atoms with Gasteiger partial charge in [-0.05, 0) is 44.5 Å². The van der Waals surface area contributed by atoms with Crippen LogP contribution < -0.4 is 10.1 Å². The van der Waals surface area contributed by atoms with Gasteiger partial charge in [-0.3, -0.25) is 0 Å². The molecule has 0 amide bonds. The zero-order valence-electron chi connectivity index (χ0n) is 11.5. The molecule has 1 N–H and O–H groups in total. The predicted molar refractivity (Wildman–Crippen MR) is 83.4 cm³/mol. The Hall–Kier alpha value is -0.290. The van der Waals surface area contributed by atoms with Crippen molar-refractivity contribution in [1.82, 2.24) is 5.32 Å². The molecule has 0 saturated carbocycles. The van der Waals surface area contributed by atoms with Gasteiger partial charge in [0.25, 0.3) is 0 Å². The Morgan fingerprint density at radius 3 is 2.74 bits per heavy atom. The molecule has 1 aromatic carbocycles.